The van der Waals surface area contributed by atoms with Crippen molar-refractivity contribution in [3.8, 4) is 21.6 Å². The second kappa shape index (κ2) is 11.2. The molecule has 0 bridgehead atoms. The minimum atomic E-state index is -0.456. The Hall–Kier alpha value is -3.53. The summed E-state index contributed by atoms with van der Waals surface area (Å²) in [7, 11) is 0. The molecule has 0 saturated heterocycles. The molecule has 3 heterocycles. The number of nitrogens with one attached hydrogen (secondary N) is 1. The van der Waals surface area contributed by atoms with Crippen molar-refractivity contribution in [2.75, 3.05) is 17.7 Å². The van der Waals surface area contributed by atoms with Crippen LogP contribution < -0.4 is 5.32 Å². The highest BCUT2D eigenvalue weighted by Crippen LogP contribution is 2.39. The average molecular weight is 546 g/mol. The first-order chi connectivity index (χ1) is 18.0. The van der Waals surface area contributed by atoms with E-state index in [9.17, 15) is 9.59 Å². The number of ether oxygens (including phenoxy) is 1. The third kappa shape index (κ3) is 5.58. The zero-order chi connectivity index (χ0) is 25.8. The number of carbonyl (C=O) groups excluding carboxylic acids is 2. The van der Waals surface area contributed by atoms with Crippen molar-refractivity contribution in [3.05, 3.63) is 83.5 Å². The molecule has 0 radical (unpaired) electrons. The van der Waals surface area contributed by atoms with E-state index in [1.54, 1.807) is 24.3 Å². The van der Waals surface area contributed by atoms with Crippen LogP contribution in [0.1, 0.15) is 22.8 Å². The fourth-order valence-corrected chi connectivity index (χ4v) is 6.65. The van der Waals surface area contributed by atoms with Crippen LogP contribution in [0.2, 0.25) is 0 Å². The van der Waals surface area contributed by atoms with Crippen LogP contribution in [-0.4, -0.2) is 34.2 Å². The number of carbonyl (C=O) groups is 2. The van der Waals surface area contributed by atoms with E-state index in [2.05, 4.69) is 51.9 Å². The van der Waals surface area contributed by atoms with Crippen molar-refractivity contribution in [1.29, 1.82) is 0 Å². The van der Waals surface area contributed by atoms with E-state index in [4.69, 9.17) is 4.74 Å². The maximum Gasteiger partial charge on any atom is 0.341 e. The van der Waals surface area contributed by atoms with E-state index in [0.29, 0.717) is 10.6 Å². The van der Waals surface area contributed by atoms with Crippen LogP contribution in [0.15, 0.2) is 77.4 Å². The lowest BCUT2D eigenvalue weighted by molar-refractivity contribution is -0.113. The molecule has 5 rings (SSSR count). The predicted molar refractivity (Wildman–Crippen MR) is 153 cm³/mol. The summed E-state index contributed by atoms with van der Waals surface area (Å²) in [6, 6.07) is 19.8. The summed E-state index contributed by atoms with van der Waals surface area (Å²) in [6.45, 7) is 4.07. The van der Waals surface area contributed by atoms with Crippen LogP contribution >= 0.6 is 34.4 Å². The van der Waals surface area contributed by atoms with Crippen LogP contribution in [0.25, 0.3) is 31.8 Å². The molecule has 0 fully saturated rings. The number of hydrogen-bond acceptors (Lipinski definition) is 8. The summed E-state index contributed by atoms with van der Waals surface area (Å²) in [6.07, 6.45) is 1.53. The van der Waals surface area contributed by atoms with Crippen molar-refractivity contribution in [2.24, 2.45) is 0 Å². The molecule has 5 aromatic rings. The van der Waals surface area contributed by atoms with Crippen molar-refractivity contribution < 1.29 is 14.3 Å². The molecule has 0 unspecified atom stereocenters. The normalized spacial score (nSPS) is 11.0. The van der Waals surface area contributed by atoms with Crippen molar-refractivity contribution in [3.63, 3.8) is 0 Å². The number of thioether (sulfide) groups is 1. The second-order valence-electron chi connectivity index (χ2n) is 8.15. The molecule has 186 valence electrons. The van der Waals surface area contributed by atoms with Crippen LogP contribution in [0, 0.1) is 6.92 Å². The minimum absolute atomic E-state index is 0.135. The number of esters is 1. The maximum atomic E-state index is 13.0. The number of hydrogen-bond donors (Lipinski definition) is 1. The fraction of sp³-hybridized carbons (Fsp3) is 0.143. The largest absolute Gasteiger partial charge is 0.462 e. The SMILES string of the molecule is CCOC(=O)c1cc(-c2ccccc2)sc1NC(=O)CSc1ncnc2scc(-c3ccc(C)cc3)c12. The van der Waals surface area contributed by atoms with Gasteiger partial charge in [0.05, 0.1) is 23.3 Å². The molecule has 0 saturated carbocycles. The Bertz CT molecular complexity index is 1560. The highest BCUT2D eigenvalue weighted by Gasteiger charge is 2.21. The van der Waals surface area contributed by atoms with Crippen LogP contribution in [0.4, 0.5) is 5.00 Å². The molecule has 2 aromatic carbocycles. The molecule has 1 amide bonds. The summed E-state index contributed by atoms with van der Waals surface area (Å²) in [5.41, 5.74) is 4.66. The minimum Gasteiger partial charge on any atom is -0.462 e. The van der Waals surface area contributed by atoms with E-state index < -0.39 is 5.97 Å². The Morgan fingerprint density at radius 1 is 1.03 bits per heavy atom. The van der Waals surface area contributed by atoms with Gasteiger partial charge >= 0.3 is 5.97 Å². The number of aromatic nitrogens is 2. The number of aryl methyl sites for hydroxylation is 1. The predicted octanol–water partition coefficient (Wildman–Crippen LogP) is 7.30. The molecule has 0 aliphatic rings. The van der Waals surface area contributed by atoms with Crippen molar-refractivity contribution in [2.45, 2.75) is 18.9 Å². The van der Waals surface area contributed by atoms with Gasteiger partial charge in [0.2, 0.25) is 5.91 Å². The molecule has 0 atom stereocenters. The number of anilines is 1. The summed E-state index contributed by atoms with van der Waals surface area (Å²) in [5, 5.41) is 7.18. The quantitative estimate of drug-likeness (QED) is 0.125. The van der Waals surface area contributed by atoms with E-state index in [1.165, 1.54) is 35.0 Å². The van der Waals surface area contributed by atoms with Gasteiger partial charge in [0.1, 0.15) is 21.2 Å². The van der Waals surface area contributed by atoms with E-state index in [1.807, 2.05) is 30.3 Å². The first-order valence-corrected chi connectivity index (χ1v) is 14.3. The molecular weight excluding hydrogens is 523 g/mol. The van der Waals surface area contributed by atoms with Gasteiger partial charge in [0.25, 0.3) is 0 Å². The first-order valence-electron chi connectivity index (χ1n) is 11.6. The monoisotopic (exact) mass is 545 g/mol. The van der Waals surface area contributed by atoms with Gasteiger partial charge in [-0.1, -0.05) is 71.9 Å². The molecule has 1 N–H and O–H groups in total. The van der Waals surface area contributed by atoms with Gasteiger partial charge in [0, 0.05) is 15.8 Å². The molecular formula is C28H23N3O3S3. The van der Waals surface area contributed by atoms with Crippen LogP contribution in [0.5, 0.6) is 0 Å². The fourth-order valence-electron chi connectivity index (χ4n) is 3.79. The molecule has 6 nitrogen and oxygen atoms in total. The van der Waals surface area contributed by atoms with Gasteiger partial charge in [-0.2, -0.15) is 0 Å². The second-order valence-corrected chi connectivity index (χ2v) is 11.0. The summed E-state index contributed by atoms with van der Waals surface area (Å²) in [4.78, 5) is 36.3. The Labute approximate surface area is 226 Å². The van der Waals surface area contributed by atoms with Gasteiger partial charge in [-0.15, -0.1) is 22.7 Å². The molecule has 3 aromatic heterocycles. The molecule has 9 heteroatoms. The third-order valence-electron chi connectivity index (χ3n) is 5.58. The lowest BCUT2D eigenvalue weighted by atomic mass is 10.1. The molecule has 0 spiro atoms. The Kier molecular flexibility index (Phi) is 7.64. The van der Waals surface area contributed by atoms with E-state index in [-0.39, 0.29) is 18.3 Å². The van der Waals surface area contributed by atoms with Gasteiger partial charge in [-0.3, -0.25) is 4.79 Å². The topological polar surface area (TPSA) is 81.2 Å². The summed E-state index contributed by atoms with van der Waals surface area (Å²) in [5.74, 6) is -0.547. The zero-order valence-electron chi connectivity index (χ0n) is 20.2. The van der Waals surface area contributed by atoms with E-state index >= 15 is 0 Å². The van der Waals surface area contributed by atoms with Gasteiger partial charge < -0.3 is 10.1 Å². The summed E-state index contributed by atoms with van der Waals surface area (Å²) >= 11 is 4.27. The highest BCUT2D eigenvalue weighted by molar-refractivity contribution is 8.00. The first kappa shape index (κ1) is 25.1. The number of nitrogens with zero attached hydrogens (tertiary/aromatic N) is 2. The Morgan fingerprint density at radius 3 is 2.57 bits per heavy atom. The number of rotatable bonds is 8. The van der Waals surface area contributed by atoms with Gasteiger partial charge in [-0.25, -0.2) is 14.8 Å². The Balaban J connectivity index is 1.37. The van der Waals surface area contributed by atoms with Crippen molar-refractivity contribution >= 4 is 61.5 Å². The highest BCUT2D eigenvalue weighted by atomic mass is 32.2. The number of benzene rings is 2. The maximum absolute atomic E-state index is 13.0. The van der Waals surface area contributed by atoms with E-state index in [0.717, 1.165) is 36.8 Å². The van der Waals surface area contributed by atoms with Gasteiger partial charge in [-0.05, 0) is 31.0 Å². The van der Waals surface area contributed by atoms with Crippen LogP contribution in [-0.2, 0) is 9.53 Å². The number of amides is 1. The van der Waals surface area contributed by atoms with Crippen molar-refractivity contribution in [1.82, 2.24) is 9.97 Å². The lowest BCUT2D eigenvalue weighted by Gasteiger charge is -2.07. The molecule has 37 heavy (non-hydrogen) atoms. The smallest absolute Gasteiger partial charge is 0.341 e. The molecule has 0 aliphatic heterocycles. The number of thiophene rings is 2. The average Bonchev–Trinajstić information content (AvgIpc) is 3.54. The lowest BCUT2D eigenvalue weighted by Crippen LogP contribution is -2.16. The third-order valence-corrected chi connectivity index (χ3v) is 8.55. The zero-order valence-corrected chi connectivity index (χ0v) is 22.6. The van der Waals surface area contributed by atoms with Crippen LogP contribution in [0.3, 0.4) is 0 Å². The standard InChI is InChI=1S/C28H23N3O3S3/c1-3-34-28(33)20-13-22(19-7-5-4-6-8-19)37-25(20)31-23(32)15-36-27-24-21(14-35-26(24)29-16-30-27)18-11-9-17(2)10-12-18/h4-14,16H,3,15H2,1-2H3,(H,31,32). The molecule has 0 aliphatic carbocycles. The number of fused-ring (bicyclic) bond motifs is 1. The Morgan fingerprint density at radius 2 is 1.81 bits per heavy atom. The van der Waals surface area contributed by atoms with Gasteiger partial charge in [0.15, 0.2) is 0 Å². The summed E-state index contributed by atoms with van der Waals surface area (Å²) < 4.78 is 5.23.